The maximum atomic E-state index is 5.78. The van der Waals surface area contributed by atoms with Gasteiger partial charge in [-0.05, 0) is 16.8 Å². The molecule has 0 unspecified atom stereocenters. The van der Waals surface area contributed by atoms with Crippen LogP contribution in [0.25, 0.3) is 10.8 Å². The van der Waals surface area contributed by atoms with Gasteiger partial charge in [0.2, 0.25) is 0 Å². The zero-order valence-electron chi connectivity index (χ0n) is 8.57. The molecule has 0 fully saturated rings. The van der Waals surface area contributed by atoms with Crippen LogP contribution in [0.2, 0.25) is 0 Å². The highest BCUT2D eigenvalue weighted by Gasteiger charge is 1.99. The van der Waals surface area contributed by atoms with Crippen LogP contribution < -0.4 is 11.2 Å². The number of hydrazone groups is 1. The van der Waals surface area contributed by atoms with Crippen molar-refractivity contribution in [1.82, 2.24) is 5.43 Å². The SMILES string of the molecule is CN/N=C(\N)c1ccc2ccccc2c1. The summed E-state index contributed by atoms with van der Waals surface area (Å²) in [6.45, 7) is 0. The van der Waals surface area contributed by atoms with Crippen LogP contribution in [-0.4, -0.2) is 12.9 Å². The summed E-state index contributed by atoms with van der Waals surface area (Å²) in [6, 6.07) is 14.2. The summed E-state index contributed by atoms with van der Waals surface area (Å²) in [4.78, 5) is 0. The highest BCUT2D eigenvalue weighted by Crippen LogP contribution is 2.15. The Hall–Kier alpha value is -2.03. The molecule has 0 atom stereocenters. The van der Waals surface area contributed by atoms with Crippen LogP contribution in [-0.2, 0) is 0 Å². The van der Waals surface area contributed by atoms with Gasteiger partial charge in [-0.1, -0.05) is 36.4 Å². The summed E-state index contributed by atoms with van der Waals surface area (Å²) in [7, 11) is 1.73. The van der Waals surface area contributed by atoms with Crippen LogP contribution in [0.3, 0.4) is 0 Å². The van der Waals surface area contributed by atoms with Crippen molar-refractivity contribution in [2.45, 2.75) is 0 Å². The van der Waals surface area contributed by atoms with Crippen molar-refractivity contribution in [3.05, 3.63) is 48.0 Å². The monoisotopic (exact) mass is 199 g/mol. The summed E-state index contributed by atoms with van der Waals surface area (Å²) in [6.07, 6.45) is 0. The van der Waals surface area contributed by atoms with Crippen LogP contribution in [0.5, 0.6) is 0 Å². The first kappa shape index (κ1) is 9.52. The molecule has 0 aromatic heterocycles. The normalized spacial score (nSPS) is 11.7. The number of rotatable bonds is 2. The summed E-state index contributed by atoms with van der Waals surface area (Å²) in [5.41, 5.74) is 9.39. The van der Waals surface area contributed by atoms with Crippen molar-refractivity contribution < 1.29 is 0 Å². The molecule has 2 aromatic rings. The molecule has 0 heterocycles. The maximum absolute atomic E-state index is 5.78. The third-order valence-corrected chi connectivity index (χ3v) is 2.28. The molecule has 0 radical (unpaired) electrons. The van der Waals surface area contributed by atoms with Crippen LogP contribution in [0, 0.1) is 0 Å². The molecule has 0 spiro atoms. The quantitative estimate of drug-likeness (QED) is 0.439. The Morgan fingerprint density at radius 1 is 1.13 bits per heavy atom. The first-order chi connectivity index (χ1) is 7.31. The maximum Gasteiger partial charge on any atom is 0.150 e. The van der Waals surface area contributed by atoms with Gasteiger partial charge in [-0.2, -0.15) is 5.10 Å². The highest BCUT2D eigenvalue weighted by atomic mass is 15.3. The molecular formula is C12H13N3. The average molecular weight is 199 g/mol. The molecule has 3 N–H and O–H groups in total. The Labute approximate surface area is 88.6 Å². The Balaban J connectivity index is 2.51. The Morgan fingerprint density at radius 2 is 1.87 bits per heavy atom. The van der Waals surface area contributed by atoms with E-state index in [2.05, 4.69) is 22.7 Å². The Bertz CT molecular complexity index is 503. The second-order valence-electron chi connectivity index (χ2n) is 3.28. The number of fused-ring (bicyclic) bond motifs is 1. The van der Waals surface area contributed by atoms with Crippen LogP contribution in [0.1, 0.15) is 5.56 Å². The molecule has 0 saturated carbocycles. The van der Waals surface area contributed by atoms with E-state index >= 15 is 0 Å². The zero-order valence-corrected chi connectivity index (χ0v) is 8.57. The van der Waals surface area contributed by atoms with Crippen molar-refractivity contribution in [2.75, 3.05) is 7.05 Å². The summed E-state index contributed by atoms with van der Waals surface area (Å²) < 4.78 is 0. The van der Waals surface area contributed by atoms with Crippen molar-refractivity contribution in [2.24, 2.45) is 10.8 Å². The van der Waals surface area contributed by atoms with E-state index in [0.29, 0.717) is 5.84 Å². The number of nitrogens with zero attached hydrogens (tertiary/aromatic N) is 1. The van der Waals surface area contributed by atoms with Gasteiger partial charge in [0, 0.05) is 12.6 Å². The van der Waals surface area contributed by atoms with E-state index in [1.807, 2.05) is 30.3 Å². The van der Waals surface area contributed by atoms with Crippen LogP contribution in [0.4, 0.5) is 0 Å². The molecule has 0 bridgehead atoms. The van der Waals surface area contributed by atoms with Crippen molar-refractivity contribution in [3.8, 4) is 0 Å². The van der Waals surface area contributed by atoms with E-state index in [-0.39, 0.29) is 0 Å². The van der Waals surface area contributed by atoms with Gasteiger partial charge in [-0.3, -0.25) is 0 Å². The Morgan fingerprint density at radius 3 is 2.60 bits per heavy atom. The minimum Gasteiger partial charge on any atom is -0.382 e. The summed E-state index contributed by atoms with van der Waals surface area (Å²) in [5.74, 6) is 0.503. The molecule has 2 rings (SSSR count). The number of hydrogen-bond donors (Lipinski definition) is 2. The number of benzene rings is 2. The molecule has 76 valence electrons. The third kappa shape index (κ3) is 1.91. The van der Waals surface area contributed by atoms with Crippen molar-refractivity contribution >= 4 is 16.6 Å². The zero-order chi connectivity index (χ0) is 10.7. The lowest BCUT2D eigenvalue weighted by Crippen LogP contribution is -2.16. The van der Waals surface area contributed by atoms with E-state index in [4.69, 9.17) is 5.73 Å². The van der Waals surface area contributed by atoms with E-state index in [1.54, 1.807) is 7.05 Å². The fourth-order valence-corrected chi connectivity index (χ4v) is 1.53. The van der Waals surface area contributed by atoms with Gasteiger partial charge < -0.3 is 11.2 Å². The van der Waals surface area contributed by atoms with Gasteiger partial charge in [0.25, 0.3) is 0 Å². The lowest BCUT2D eigenvalue weighted by Gasteiger charge is -2.02. The number of nitrogens with two attached hydrogens (primary N) is 1. The second kappa shape index (κ2) is 4.00. The minimum atomic E-state index is 0.503. The molecule has 0 amide bonds. The number of nitrogens with one attached hydrogen (secondary N) is 1. The van der Waals surface area contributed by atoms with E-state index in [9.17, 15) is 0 Å². The number of amidine groups is 1. The molecule has 3 heteroatoms. The average Bonchev–Trinajstić information content (AvgIpc) is 2.29. The molecule has 0 aliphatic heterocycles. The van der Waals surface area contributed by atoms with Gasteiger partial charge in [0.15, 0.2) is 5.84 Å². The van der Waals surface area contributed by atoms with Gasteiger partial charge in [0.05, 0.1) is 0 Å². The first-order valence-corrected chi connectivity index (χ1v) is 4.80. The fourth-order valence-electron chi connectivity index (χ4n) is 1.53. The second-order valence-corrected chi connectivity index (χ2v) is 3.28. The Kier molecular flexibility index (Phi) is 2.54. The minimum absolute atomic E-state index is 0.503. The molecule has 0 aliphatic rings. The smallest absolute Gasteiger partial charge is 0.150 e. The van der Waals surface area contributed by atoms with Gasteiger partial charge in [-0.15, -0.1) is 0 Å². The fraction of sp³-hybridized carbons (Fsp3) is 0.0833. The predicted octanol–water partition coefficient (Wildman–Crippen LogP) is 1.68. The molecule has 2 aromatic carbocycles. The largest absolute Gasteiger partial charge is 0.382 e. The molecule has 0 saturated heterocycles. The molecule has 15 heavy (non-hydrogen) atoms. The van der Waals surface area contributed by atoms with Crippen molar-refractivity contribution in [3.63, 3.8) is 0 Å². The predicted molar refractivity (Wildman–Crippen MR) is 63.7 cm³/mol. The van der Waals surface area contributed by atoms with Gasteiger partial charge >= 0.3 is 0 Å². The highest BCUT2D eigenvalue weighted by molar-refractivity contribution is 6.00. The van der Waals surface area contributed by atoms with Gasteiger partial charge in [-0.25, -0.2) is 0 Å². The summed E-state index contributed by atoms with van der Waals surface area (Å²) in [5, 5.41) is 6.32. The molecular weight excluding hydrogens is 186 g/mol. The lowest BCUT2D eigenvalue weighted by molar-refractivity contribution is 0.898. The molecule has 0 aliphatic carbocycles. The summed E-state index contributed by atoms with van der Waals surface area (Å²) >= 11 is 0. The van der Waals surface area contributed by atoms with Crippen molar-refractivity contribution in [1.29, 1.82) is 0 Å². The van der Waals surface area contributed by atoms with Gasteiger partial charge in [0.1, 0.15) is 0 Å². The number of hydrogen-bond acceptors (Lipinski definition) is 2. The van der Waals surface area contributed by atoms with Crippen LogP contribution in [0.15, 0.2) is 47.6 Å². The topological polar surface area (TPSA) is 50.4 Å². The van der Waals surface area contributed by atoms with E-state index < -0.39 is 0 Å². The standard InChI is InChI=1S/C12H13N3/c1-14-15-12(13)11-7-6-9-4-2-3-5-10(9)8-11/h2-8,14H,1H3,(H2,13,15). The molecule has 3 nitrogen and oxygen atoms in total. The van der Waals surface area contributed by atoms with Crippen LogP contribution >= 0.6 is 0 Å². The first-order valence-electron chi connectivity index (χ1n) is 4.80. The lowest BCUT2D eigenvalue weighted by atomic mass is 10.1. The van der Waals surface area contributed by atoms with E-state index in [1.165, 1.54) is 10.8 Å². The third-order valence-electron chi connectivity index (χ3n) is 2.28. The van der Waals surface area contributed by atoms with E-state index in [0.717, 1.165) is 5.56 Å².